The molecule has 0 aromatic heterocycles. The molecule has 214 valence electrons. The summed E-state index contributed by atoms with van der Waals surface area (Å²) in [7, 11) is -3.73. The van der Waals surface area contributed by atoms with Crippen LogP contribution in [0.15, 0.2) is 113 Å². The number of ether oxygens (including phenoxy) is 1. The summed E-state index contributed by atoms with van der Waals surface area (Å²) in [5, 5.41) is 20.2. The van der Waals surface area contributed by atoms with Gasteiger partial charge < -0.3 is 14.9 Å². The van der Waals surface area contributed by atoms with Crippen LogP contribution in [0.2, 0.25) is 5.02 Å². The first-order valence-electron chi connectivity index (χ1n) is 13.2. The van der Waals surface area contributed by atoms with Crippen LogP contribution < -0.4 is 4.74 Å². The first kappa shape index (κ1) is 30.3. The minimum Gasteiger partial charge on any atom is -0.482 e. The number of benzene rings is 4. The quantitative estimate of drug-likeness (QED) is 0.190. The Morgan fingerprint density at radius 2 is 1.51 bits per heavy atom. The van der Waals surface area contributed by atoms with Gasteiger partial charge in [0.25, 0.3) is 0 Å². The highest BCUT2D eigenvalue weighted by atomic mass is 35.5. The molecule has 4 rings (SSSR count). The van der Waals surface area contributed by atoms with Gasteiger partial charge in [-0.25, -0.2) is 13.2 Å². The van der Waals surface area contributed by atoms with Crippen LogP contribution in [0.5, 0.6) is 5.75 Å². The van der Waals surface area contributed by atoms with E-state index in [0.717, 1.165) is 36.1 Å². The van der Waals surface area contributed by atoms with Crippen molar-refractivity contribution in [2.75, 3.05) is 19.7 Å². The number of nitrogens with zero attached hydrogens (tertiary/aromatic N) is 1. The van der Waals surface area contributed by atoms with E-state index in [9.17, 15) is 18.3 Å². The maximum absolute atomic E-state index is 13.1. The average molecular weight is 594 g/mol. The zero-order valence-corrected chi connectivity index (χ0v) is 24.0. The van der Waals surface area contributed by atoms with Crippen molar-refractivity contribution in [3.63, 3.8) is 0 Å². The molecule has 0 aliphatic rings. The SMILES string of the molecule is O=C(O)COc1ccc(S(=O)(=O)c2ccc(CCCN(Cc3ccccc3)C[C@H](O)c3cccc(Cl)c3)cc2)cc1. The van der Waals surface area contributed by atoms with Gasteiger partial charge in [0.05, 0.1) is 15.9 Å². The molecule has 0 amide bonds. The maximum atomic E-state index is 13.1. The number of hydrogen-bond donors (Lipinski definition) is 2. The molecule has 4 aromatic rings. The Labute approximate surface area is 245 Å². The third-order valence-corrected chi connectivity index (χ3v) is 8.60. The van der Waals surface area contributed by atoms with Crippen LogP contribution in [-0.2, 0) is 27.6 Å². The zero-order valence-electron chi connectivity index (χ0n) is 22.4. The molecular formula is C32H32ClNO6S. The molecule has 0 spiro atoms. The lowest BCUT2D eigenvalue weighted by Crippen LogP contribution is -2.29. The lowest BCUT2D eigenvalue weighted by Gasteiger charge is -2.25. The number of aliphatic hydroxyl groups is 1. The van der Waals surface area contributed by atoms with Crippen LogP contribution in [0.4, 0.5) is 0 Å². The first-order valence-corrected chi connectivity index (χ1v) is 15.1. The number of hydrogen-bond acceptors (Lipinski definition) is 6. The normalized spacial score (nSPS) is 12.3. The fourth-order valence-corrected chi connectivity index (χ4v) is 5.94. The monoisotopic (exact) mass is 593 g/mol. The number of carbonyl (C=O) groups is 1. The summed E-state index contributed by atoms with van der Waals surface area (Å²) in [6.07, 6.45) is 0.882. The van der Waals surface area contributed by atoms with E-state index in [2.05, 4.69) is 17.0 Å². The Morgan fingerprint density at radius 3 is 2.15 bits per heavy atom. The van der Waals surface area contributed by atoms with Crippen molar-refractivity contribution in [3.05, 3.63) is 125 Å². The minimum atomic E-state index is -3.73. The second kappa shape index (κ2) is 14.3. The van der Waals surface area contributed by atoms with Crippen molar-refractivity contribution < 1.29 is 28.2 Å². The molecule has 7 nitrogen and oxygen atoms in total. The average Bonchev–Trinajstić information content (AvgIpc) is 2.97. The molecule has 0 saturated heterocycles. The molecule has 0 unspecified atom stereocenters. The van der Waals surface area contributed by atoms with Crippen molar-refractivity contribution in [1.29, 1.82) is 0 Å². The van der Waals surface area contributed by atoms with Crippen LogP contribution in [0.1, 0.15) is 29.2 Å². The summed E-state index contributed by atoms with van der Waals surface area (Å²) >= 11 is 6.12. The molecule has 4 aromatic carbocycles. The summed E-state index contributed by atoms with van der Waals surface area (Å²) in [5.74, 6) is -0.830. The molecule has 0 radical (unpaired) electrons. The van der Waals surface area contributed by atoms with Gasteiger partial charge in [0.2, 0.25) is 9.84 Å². The number of aliphatic carboxylic acids is 1. The van der Waals surface area contributed by atoms with Crippen molar-refractivity contribution in [2.24, 2.45) is 0 Å². The molecule has 9 heteroatoms. The number of halogens is 1. The van der Waals surface area contributed by atoms with E-state index in [4.69, 9.17) is 21.4 Å². The van der Waals surface area contributed by atoms with Gasteiger partial charge in [0.1, 0.15) is 5.75 Å². The second-order valence-corrected chi connectivity index (χ2v) is 12.1. The van der Waals surface area contributed by atoms with Crippen molar-refractivity contribution in [2.45, 2.75) is 35.3 Å². The molecule has 0 heterocycles. The highest BCUT2D eigenvalue weighted by Crippen LogP contribution is 2.24. The van der Waals surface area contributed by atoms with E-state index in [0.29, 0.717) is 18.1 Å². The highest BCUT2D eigenvalue weighted by molar-refractivity contribution is 7.91. The van der Waals surface area contributed by atoms with Gasteiger partial charge in [0.15, 0.2) is 6.61 Å². The van der Waals surface area contributed by atoms with Crippen molar-refractivity contribution in [1.82, 2.24) is 4.90 Å². The number of aliphatic hydroxyl groups excluding tert-OH is 1. The molecule has 0 aliphatic carbocycles. The predicted octanol–water partition coefficient (Wildman–Crippen LogP) is 5.80. The van der Waals surface area contributed by atoms with Gasteiger partial charge in [-0.1, -0.05) is 66.2 Å². The third kappa shape index (κ3) is 8.90. The molecule has 0 bridgehead atoms. The lowest BCUT2D eigenvalue weighted by atomic mass is 10.1. The Kier molecular flexibility index (Phi) is 10.5. The Balaban J connectivity index is 1.37. The third-order valence-electron chi connectivity index (χ3n) is 6.58. The van der Waals surface area contributed by atoms with Gasteiger partial charge in [-0.05, 0) is 84.6 Å². The van der Waals surface area contributed by atoms with Crippen LogP contribution in [-0.4, -0.2) is 49.2 Å². The smallest absolute Gasteiger partial charge is 0.341 e. The van der Waals surface area contributed by atoms with E-state index >= 15 is 0 Å². The van der Waals surface area contributed by atoms with Crippen LogP contribution in [0.25, 0.3) is 0 Å². The topological polar surface area (TPSA) is 104 Å². The minimum absolute atomic E-state index is 0.0998. The molecule has 0 fully saturated rings. The standard InChI is InChI=1S/C32H32ClNO6S/c33-27-10-4-9-26(20-27)31(35)22-34(21-25-6-2-1-3-7-25)19-5-8-24-11-15-29(16-12-24)41(38,39)30-17-13-28(14-18-30)40-23-32(36)37/h1-4,6-7,9-18,20,31,35H,5,8,19,21-23H2,(H,36,37)/t31-/m0/s1. The lowest BCUT2D eigenvalue weighted by molar-refractivity contribution is -0.139. The summed E-state index contributed by atoms with van der Waals surface area (Å²) in [6, 6.07) is 29.9. The molecule has 41 heavy (non-hydrogen) atoms. The Bertz CT molecular complexity index is 1530. The first-order chi connectivity index (χ1) is 19.7. The fourth-order valence-electron chi connectivity index (χ4n) is 4.48. The van der Waals surface area contributed by atoms with Gasteiger partial charge in [-0.15, -0.1) is 0 Å². The van der Waals surface area contributed by atoms with Crippen molar-refractivity contribution >= 4 is 27.4 Å². The summed E-state index contributed by atoms with van der Waals surface area (Å²) in [6.45, 7) is 1.38. The fraction of sp³-hybridized carbons (Fsp3) is 0.219. The molecule has 1 atom stereocenters. The van der Waals surface area contributed by atoms with E-state index in [-0.39, 0.29) is 15.5 Å². The van der Waals surface area contributed by atoms with E-state index in [1.54, 1.807) is 24.3 Å². The second-order valence-electron chi connectivity index (χ2n) is 9.70. The maximum Gasteiger partial charge on any atom is 0.341 e. The van der Waals surface area contributed by atoms with Crippen LogP contribution in [0.3, 0.4) is 0 Å². The predicted molar refractivity (Wildman–Crippen MR) is 158 cm³/mol. The van der Waals surface area contributed by atoms with E-state index in [1.165, 1.54) is 24.3 Å². The molecule has 0 aliphatic heterocycles. The Morgan fingerprint density at radius 1 is 0.854 bits per heavy atom. The Hall–Kier alpha value is -3.69. The van der Waals surface area contributed by atoms with Gasteiger partial charge in [0, 0.05) is 18.1 Å². The van der Waals surface area contributed by atoms with E-state index in [1.807, 2.05) is 42.5 Å². The summed E-state index contributed by atoms with van der Waals surface area (Å²) in [4.78, 5) is 13.1. The molecular weight excluding hydrogens is 562 g/mol. The van der Waals surface area contributed by atoms with Crippen molar-refractivity contribution in [3.8, 4) is 5.75 Å². The largest absolute Gasteiger partial charge is 0.482 e. The number of rotatable bonds is 14. The van der Waals surface area contributed by atoms with Crippen LogP contribution in [0, 0.1) is 0 Å². The molecule has 2 N–H and O–H groups in total. The number of carboxylic acid groups (broad SMARTS) is 1. The number of sulfone groups is 1. The van der Waals surface area contributed by atoms with Crippen LogP contribution >= 0.6 is 11.6 Å². The van der Waals surface area contributed by atoms with Gasteiger partial charge in [-0.3, -0.25) is 4.90 Å². The molecule has 0 saturated carbocycles. The number of carboxylic acids is 1. The zero-order chi connectivity index (χ0) is 29.2. The number of aryl methyl sites for hydroxylation is 1. The summed E-state index contributed by atoms with van der Waals surface area (Å²) < 4.78 is 31.2. The van der Waals surface area contributed by atoms with Gasteiger partial charge in [-0.2, -0.15) is 0 Å². The van der Waals surface area contributed by atoms with E-state index < -0.39 is 28.5 Å². The summed E-state index contributed by atoms with van der Waals surface area (Å²) in [5.41, 5.74) is 2.94. The highest BCUT2D eigenvalue weighted by Gasteiger charge is 2.18. The van der Waals surface area contributed by atoms with Gasteiger partial charge >= 0.3 is 5.97 Å².